The second-order valence-electron chi connectivity index (χ2n) is 5.76. The van der Waals surface area contributed by atoms with Crippen LogP contribution in [0.5, 0.6) is 0 Å². The van der Waals surface area contributed by atoms with E-state index in [9.17, 15) is 13.2 Å². The Labute approximate surface area is 165 Å². The molecule has 8 heteroatoms. The van der Waals surface area contributed by atoms with Crippen molar-refractivity contribution in [3.05, 3.63) is 82.5 Å². The standard InChI is InChI=1S/C19H16BrN3O3S/c1-13-4-2-7-18(21-13)22-19(24)14-5-3-6-17(12-14)27(25,26)23-16-10-8-15(20)9-11-16/h2-12,23H,1H3,(H,21,22,24). The summed E-state index contributed by atoms with van der Waals surface area (Å²) in [6.07, 6.45) is 0. The van der Waals surface area contributed by atoms with Gasteiger partial charge in [0.15, 0.2) is 0 Å². The normalized spacial score (nSPS) is 11.0. The van der Waals surface area contributed by atoms with Crippen molar-refractivity contribution in [3.8, 4) is 0 Å². The number of anilines is 2. The van der Waals surface area contributed by atoms with Crippen LogP contribution in [0.3, 0.4) is 0 Å². The van der Waals surface area contributed by atoms with Crippen LogP contribution in [0.4, 0.5) is 11.5 Å². The molecular formula is C19H16BrN3O3S. The van der Waals surface area contributed by atoms with Crippen molar-refractivity contribution >= 4 is 43.4 Å². The minimum Gasteiger partial charge on any atom is -0.307 e. The number of aromatic nitrogens is 1. The van der Waals surface area contributed by atoms with Crippen molar-refractivity contribution in [3.63, 3.8) is 0 Å². The number of carbonyl (C=O) groups is 1. The van der Waals surface area contributed by atoms with Gasteiger partial charge in [-0.3, -0.25) is 9.52 Å². The molecule has 6 nitrogen and oxygen atoms in total. The summed E-state index contributed by atoms with van der Waals surface area (Å²) in [5, 5.41) is 2.66. The lowest BCUT2D eigenvalue weighted by Crippen LogP contribution is -2.16. The highest BCUT2D eigenvalue weighted by Gasteiger charge is 2.17. The van der Waals surface area contributed by atoms with E-state index in [1.807, 2.05) is 13.0 Å². The molecule has 0 unspecified atom stereocenters. The van der Waals surface area contributed by atoms with Gasteiger partial charge in [-0.1, -0.05) is 28.1 Å². The quantitative estimate of drug-likeness (QED) is 0.615. The van der Waals surface area contributed by atoms with Gasteiger partial charge in [-0.15, -0.1) is 0 Å². The van der Waals surface area contributed by atoms with E-state index >= 15 is 0 Å². The van der Waals surface area contributed by atoms with Gasteiger partial charge in [0.1, 0.15) is 5.82 Å². The predicted molar refractivity (Wildman–Crippen MR) is 108 cm³/mol. The van der Waals surface area contributed by atoms with Gasteiger partial charge in [0.2, 0.25) is 0 Å². The zero-order valence-electron chi connectivity index (χ0n) is 14.3. The largest absolute Gasteiger partial charge is 0.307 e. The average Bonchev–Trinajstić information content (AvgIpc) is 2.63. The summed E-state index contributed by atoms with van der Waals surface area (Å²) >= 11 is 3.30. The Morgan fingerprint density at radius 1 is 1.00 bits per heavy atom. The molecule has 0 atom stereocenters. The number of halogens is 1. The van der Waals surface area contributed by atoms with Crippen molar-refractivity contribution in [1.29, 1.82) is 0 Å². The number of aryl methyl sites for hydroxylation is 1. The van der Waals surface area contributed by atoms with Crippen molar-refractivity contribution in [1.82, 2.24) is 4.98 Å². The topological polar surface area (TPSA) is 88.2 Å². The van der Waals surface area contributed by atoms with Crippen LogP contribution in [0, 0.1) is 6.92 Å². The lowest BCUT2D eigenvalue weighted by atomic mass is 10.2. The molecule has 0 radical (unpaired) electrons. The maximum Gasteiger partial charge on any atom is 0.261 e. The molecule has 0 aliphatic carbocycles. The molecule has 0 aliphatic rings. The second kappa shape index (κ2) is 7.89. The molecule has 2 aromatic carbocycles. The fourth-order valence-electron chi connectivity index (χ4n) is 2.34. The number of hydrogen-bond acceptors (Lipinski definition) is 4. The molecule has 0 fully saturated rings. The van der Waals surface area contributed by atoms with E-state index in [2.05, 4.69) is 31.0 Å². The lowest BCUT2D eigenvalue weighted by Gasteiger charge is -2.10. The van der Waals surface area contributed by atoms with Gasteiger partial charge in [-0.05, 0) is 61.5 Å². The maximum atomic E-state index is 12.6. The van der Waals surface area contributed by atoms with Gasteiger partial charge in [0.05, 0.1) is 4.90 Å². The first-order valence-corrected chi connectivity index (χ1v) is 10.2. The van der Waals surface area contributed by atoms with Crippen molar-refractivity contribution < 1.29 is 13.2 Å². The van der Waals surface area contributed by atoms with Crippen molar-refractivity contribution in [2.75, 3.05) is 10.0 Å². The van der Waals surface area contributed by atoms with Crippen molar-refractivity contribution in [2.45, 2.75) is 11.8 Å². The monoisotopic (exact) mass is 445 g/mol. The number of nitrogens with zero attached hydrogens (tertiary/aromatic N) is 1. The minimum absolute atomic E-state index is 0.00438. The molecule has 0 aliphatic heterocycles. The van der Waals surface area contributed by atoms with Crippen LogP contribution in [0.15, 0.2) is 76.1 Å². The Morgan fingerprint density at radius 2 is 1.70 bits per heavy atom. The van der Waals surface area contributed by atoms with E-state index in [1.54, 1.807) is 42.5 Å². The fourth-order valence-corrected chi connectivity index (χ4v) is 3.71. The van der Waals surface area contributed by atoms with E-state index in [0.29, 0.717) is 11.5 Å². The van der Waals surface area contributed by atoms with Crippen molar-refractivity contribution in [2.24, 2.45) is 0 Å². The number of nitrogens with one attached hydrogen (secondary N) is 2. The summed E-state index contributed by atoms with van der Waals surface area (Å²) in [5.74, 6) is -0.0324. The van der Waals surface area contributed by atoms with E-state index in [1.165, 1.54) is 18.2 Å². The zero-order valence-corrected chi connectivity index (χ0v) is 16.7. The average molecular weight is 446 g/mol. The van der Waals surface area contributed by atoms with E-state index in [4.69, 9.17) is 0 Å². The molecule has 1 aromatic heterocycles. The molecule has 0 spiro atoms. The predicted octanol–water partition coefficient (Wildman–Crippen LogP) is 4.21. The SMILES string of the molecule is Cc1cccc(NC(=O)c2cccc(S(=O)(=O)Nc3ccc(Br)cc3)c2)n1. The van der Waals surface area contributed by atoms with E-state index in [0.717, 1.165) is 10.2 Å². The van der Waals surface area contributed by atoms with Crippen LogP contribution >= 0.6 is 15.9 Å². The van der Waals surface area contributed by atoms with Gasteiger partial charge in [-0.25, -0.2) is 13.4 Å². The Balaban J connectivity index is 1.81. The smallest absolute Gasteiger partial charge is 0.261 e. The molecular weight excluding hydrogens is 430 g/mol. The summed E-state index contributed by atoms with van der Waals surface area (Å²) in [6.45, 7) is 1.82. The number of benzene rings is 2. The van der Waals surface area contributed by atoms with Gasteiger partial charge in [0, 0.05) is 21.4 Å². The number of amides is 1. The van der Waals surface area contributed by atoms with E-state index < -0.39 is 15.9 Å². The molecule has 0 saturated carbocycles. The Hall–Kier alpha value is -2.71. The molecule has 2 N–H and O–H groups in total. The summed E-state index contributed by atoms with van der Waals surface area (Å²) in [6, 6.07) is 17.8. The first kappa shape index (κ1) is 19.1. The molecule has 3 rings (SSSR count). The van der Waals surface area contributed by atoms with Crippen LogP contribution in [0.25, 0.3) is 0 Å². The lowest BCUT2D eigenvalue weighted by molar-refractivity contribution is 0.102. The number of rotatable bonds is 5. The van der Waals surface area contributed by atoms with Gasteiger partial charge >= 0.3 is 0 Å². The highest BCUT2D eigenvalue weighted by atomic mass is 79.9. The van der Waals surface area contributed by atoms with Gasteiger partial charge in [-0.2, -0.15) is 0 Å². The zero-order chi connectivity index (χ0) is 19.4. The summed E-state index contributed by atoms with van der Waals surface area (Å²) in [7, 11) is -3.82. The molecule has 0 saturated heterocycles. The maximum absolute atomic E-state index is 12.6. The Bertz CT molecular complexity index is 1080. The summed E-state index contributed by atoms with van der Waals surface area (Å²) in [5.41, 5.74) is 1.41. The third-order valence-electron chi connectivity index (χ3n) is 3.63. The second-order valence-corrected chi connectivity index (χ2v) is 8.36. The molecule has 27 heavy (non-hydrogen) atoms. The van der Waals surface area contributed by atoms with Gasteiger partial charge < -0.3 is 5.32 Å². The highest BCUT2D eigenvalue weighted by molar-refractivity contribution is 9.10. The number of carbonyl (C=O) groups excluding carboxylic acids is 1. The first-order chi connectivity index (χ1) is 12.8. The highest BCUT2D eigenvalue weighted by Crippen LogP contribution is 2.20. The van der Waals surface area contributed by atoms with Crippen LogP contribution in [-0.2, 0) is 10.0 Å². The summed E-state index contributed by atoms with van der Waals surface area (Å²) in [4.78, 5) is 16.6. The van der Waals surface area contributed by atoms with Crippen LogP contribution < -0.4 is 10.0 Å². The molecule has 1 heterocycles. The number of pyridine rings is 1. The molecule has 1 amide bonds. The molecule has 138 valence electrons. The third kappa shape index (κ3) is 4.93. The minimum atomic E-state index is -3.82. The Kier molecular flexibility index (Phi) is 5.57. The fraction of sp³-hybridized carbons (Fsp3) is 0.0526. The van der Waals surface area contributed by atoms with Crippen LogP contribution in [0.2, 0.25) is 0 Å². The molecule has 3 aromatic rings. The summed E-state index contributed by atoms with van der Waals surface area (Å²) < 4.78 is 28.5. The molecule has 0 bridgehead atoms. The van der Waals surface area contributed by atoms with Crippen LogP contribution in [0.1, 0.15) is 16.1 Å². The van der Waals surface area contributed by atoms with E-state index in [-0.39, 0.29) is 10.5 Å². The Morgan fingerprint density at radius 3 is 2.41 bits per heavy atom. The van der Waals surface area contributed by atoms with Gasteiger partial charge in [0.25, 0.3) is 15.9 Å². The third-order valence-corrected chi connectivity index (χ3v) is 5.54. The first-order valence-electron chi connectivity index (χ1n) is 7.97. The number of sulfonamides is 1. The number of hydrogen-bond donors (Lipinski definition) is 2. The van der Waals surface area contributed by atoms with Crippen LogP contribution in [-0.4, -0.2) is 19.3 Å².